The number of fused-ring (bicyclic) bond motifs is 1. The summed E-state index contributed by atoms with van der Waals surface area (Å²) in [4.78, 5) is 34.5. The third-order valence-corrected chi connectivity index (χ3v) is 6.39. The Hall–Kier alpha value is -3.35. The van der Waals surface area contributed by atoms with Crippen molar-refractivity contribution in [3.8, 4) is 5.75 Å². The van der Waals surface area contributed by atoms with Crippen molar-refractivity contribution in [2.75, 3.05) is 31.1 Å². The summed E-state index contributed by atoms with van der Waals surface area (Å²) in [5.41, 5.74) is 2.67. The highest BCUT2D eigenvalue weighted by Gasteiger charge is 2.35. The first-order valence-corrected chi connectivity index (χ1v) is 11.4. The van der Waals surface area contributed by atoms with Crippen LogP contribution in [0.1, 0.15) is 37.9 Å². The number of benzene rings is 2. The Morgan fingerprint density at radius 1 is 1.09 bits per heavy atom. The first-order valence-electron chi connectivity index (χ1n) is 11.4. The largest absolute Gasteiger partial charge is 0.494 e. The molecule has 2 amide bonds. The second-order valence-corrected chi connectivity index (χ2v) is 8.47. The van der Waals surface area contributed by atoms with Gasteiger partial charge in [-0.3, -0.25) is 9.59 Å². The lowest BCUT2D eigenvalue weighted by molar-refractivity contribution is -0.130. The van der Waals surface area contributed by atoms with Crippen molar-refractivity contribution in [3.05, 3.63) is 54.4 Å². The predicted molar refractivity (Wildman–Crippen MR) is 123 cm³/mol. The molecule has 7 heteroatoms. The number of carbonyl (C=O) groups is 2. The van der Waals surface area contributed by atoms with Gasteiger partial charge in [-0.1, -0.05) is 12.1 Å². The number of ether oxygens (including phenoxy) is 1. The molecular formula is C25H28N4O3. The summed E-state index contributed by atoms with van der Waals surface area (Å²) in [6.45, 7) is 5.03. The number of carbonyl (C=O) groups excluding carboxylic acids is 2. The molecule has 0 spiro atoms. The summed E-state index contributed by atoms with van der Waals surface area (Å²) < 4.78 is 7.54. The Morgan fingerprint density at radius 2 is 1.84 bits per heavy atom. The van der Waals surface area contributed by atoms with E-state index in [0.717, 1.165) is 54.2 Å². The molecule has 32 heavy (non-hydrogen) atoms. The van der Waals surface area contributed by atoms with Gasteiger partial charge in [-0.2, -0.15) is 0 Å². The van der Waals surface area contributed by atoms with Gasteiger partial charge in [0.1, 0.15) is 18.1 Å². The van der Waals surface area contributed by atoms with Gasteiger partial charge >= 0.3 is 0 Å². The Balaban J connectivity index is 1.42. The summed E-state index contributed by atoms with van der Waals surface area (Å²) >= 11 is 0. The van der Waals surface area contributed by atoms with Crippen LogP contribution in [0.3, 0.4) is 0 Å². The molecule has 2 fully saturated rings. The van der Waals surface area contributed by atoms with Gasteiger partial charge in [0.15, 0.2) is 0 Å². The van der Waals surface area contributed by atoms with E-state index in [9.17, 15) is 9.59 Å². The molecule has 166 valence electrons. The molecule has 1 unspecified atom stereocenters. The van der Waals surface area contributed by atoms with Crippen LogP contribution in [-0.4, -0.2) is 52.5 Å². The van der Waals surface area contributed by atoms with E-state index < -0.39 is 0 Å². The quantitative estimate of drug-likeness (QED) is 0.597. The fraction of sp³-hybridized carbons (Fsp3) is 0.400. The van der Waals surface area contributed by atoms with Crippen LogP contribution in [-0.2, 0) is 16.1 Å². The van der Waals surface area contributed by atoms with Crippen LogP contribution in [0, 0.1) is 0 Å². The monoisotopic (exact) mass is 432 g/mol. The standard InChI is InChI=1S/C25H28N4O3/c1-2-32-20-11-9-19(10-12-20)28-16-18(15-23(28)30)25-26-21-7-3-4-8-22(21)29(25)17-24(31)27-13-5-6-14-27/h3-4,7-12,18H,2,5-6,13-17H2,1H3. The normalized spacial score (nSPS) is 18.7. The summed E-state index contributed by atoms with van der Waals surface area (Å²) in [6.07, 6.45) is 2.52. The third-order valence-electron chi connectivity index (χ3n) is 6.39. The summed E-state index contributed by atoms with van der Waals surface area (Å²) in [7, 11) is 0. The maximum Gasteiger partial charge on any atom is 0.242 e. The number of anilines is 1. The van der Waals surface area contributed by atoms with Crippen LogP contribution >= 0.6 is 0 Å². The number of aromatic nitrogens is 2. The molecule has 5 rings (SSSR count). The van der Waals surface area contributed by atoms with Crippen LogP contribution < -0.4 is 9.64 Å². The van der Waals surface area contributed by atoms with Gasteiger partial charge in [0.05, 0.1) is 17.6 Å². The van der Waals surface area contributed by atoms with E-state index in [2.05, 4.69) is 0 Å². The van der Waals surface area contributed by atoms with Crippen molar-refractivity contribution >= 4 is 28.5 Å². The van der Waals surface area contributed by atoms with E-state index in [1.165, 1.54) is 0 Å². The Kier molecular flexibility index (Phi) is 5.55. The molecule has 2 aliphatic heterocycles. The molecule has 3 heterocycles. The lowest BCUT2D eigenvalue weighted by Gasteiger charge is -2.19. The average molecular weight is 433 g/mol. The molecule has 0 bridgehead atoms. The van der Waals surface area contributed by atoms with Gasteiger partial charge in [0.2, 0.25) is 11.8 Å². The second kappa shape index (κ2) is 8.65. The Morgan fingerprint density at radius 3 is 2.59 bits per heavy atom. The van der Waals surface area contributed by atoms with E-state index in [1.54, 1.807) is 0 Å². The lowest BCUT2D eigenvalue weighted by Crippen LogP contribution is -2.32. The van der Waals surface area contributed by atoms with Crippen molar-refractivity contribution in [3.63, 3.8) is 0 Å². The van der Waals surface area contributed by atoms with Crippen molar-refractivity contribution in [2.45, 2.75) is 38.6 Å². The number of hydrogen-bond acceptors (Lipinski definition) is 4. The number of rotatable bonds is 6. The highest BCUT2D eigenvalue weighted by atomic mass is 16.5. The molecule has 1 atom stereocenters. The smallest absolute Gasteiger partial charge is 0.242 e. The van der Waals surface area contributed by atoms with E-state index in [0.29, 0.717) is 19.6 Å². The fourth-order valence-corrected chi connectivity index (χ4v) is 4.79. The zero-order chi connectivity index (χ0) is 22.1. The maximum absolute atomic E-state index is 12.9. The van der Waals surface area contributed by atoms with E-state index in [4.69, 9.17) is 9.72 Å². The van der Waals surface area contributed by atoms with E-state index >= 15 is 0 Å². The Labute approximate surface area is 187 Å². The highest BCUT2D eigenvalue weighted by molar-refractivity contribution is 5.96. The van der Waals surface area contributed by atoms with E-state index in [-0.39, 0.29) is 24.3 Å². The number of amides is 2. The SMILES string of the molecule is CCOc1ccc(N2CC(c3nc4ccccc4n3CC(=O)N3CCCC3)CC2=O)cc1. The molecule has 3 aromatic rings. The van der Waals surface area contributed by atoms with Crippen molar-refractivity contribution in [1.82, 2.24) is 14.5 Å². The summed E-state index contributed by atoms with van der Waals surface area (Å²) in [6, 6.07) is 15.5. The zero-order valence-corrected chi connectivity index (χ0v) is 18.4. The van der Waals surface area contributed by atoms with Gasteiger partial charge in [-0.25, -0.2) is 4.98 Å². The number of imidazole rings is 1. The number of likely N-dealkylation sites (tertiary alicyclic amines) is 1. The minimum Gasteiger partial charge on any atom is -0.494 e. The minimum atomic E-state index is -0.0622. The number of hydrogen-bond donors (Lipinski definition) is 0. The molecule has 0 N–H and O–H groups in total. The van der Waals surface area contributed by atoms with Crippen molar-refractivity contribution in [1.29, 1.82) is 0 Å². The first-order chi connectivity index (χ1) is 15.6. The molecule has 0 radical (unpaired) electrons. The fourth-order valence-electron chi connectivity index (χ4n) is 4.79. The summed E-state index contributed by atoms with van der Waals surface area (Å²) in [5, 5.41) is 0. The Bertz CT molecular complexity index is 1130. The molecule has 0 saturated carbocycles. The minimum absolute atomic E-state index is 0.0622. The molecule has 2 aromatic carbocycles. The van der Waals surface area contributed by atoms with Crippen molar-refractivity contribution in [2.24, 2.45) is 0 Å². The molecule has 2 aliphatic rings. The lowest BCUT2D eigenvalue weighted by atomic mass is 10.1. The highest BCUT2D eigenvalue weighted by Crippen LogP contribution is 2.34. The van der Waals surface area contributed by atoms with E-state index in [1.807, 2.05) is 69.8 Å². The van der Waals surface area contributed by atoms with Crippen LogP contribution in [0.4, 0.5) is 5.69 Å². The summed E-state index contributed by atoms with van der Waals surface area (Å²) in [5.74, 6) is 1.75. The van der Waals surface area contributed by atoms with Gasteiger partial charge in [-0.15, -0.1) is 0 Å². The van der Waals surface area contributed by atoms with Gasteiger partial charge in [0, 0.05) is 37.7 Å². The molecule has 0 aliphatic carbocycles. The zero-order valence-electron chi connectivity index (χ0n) is 18.4. The third kappa shape index (κ3) is 3.83. The number of para-hydroxylation sites is 2. The molecule has 2 saturated heterocycles. The van der Waals surface area contributed by atoms with Crippen LogP contribution in [0.25, 0.3) is 11.0 Å². The molecule has 1 aromatic heterocycles. The van der Waals surface area contributed by atoms with Gasteiger partial charge in [-0.05, 0) is 56.2 Å². The first kappa shape index (κ1) is 20.5. The number of nitrogens with zero attached hydrogens (tertiary/aromatic N) is 4. The van der Waals surface area contributed by atoms with Crippen LogP contribution in [0.5, 0.6) is 5.75 Å². The predicted octanol–water partition coefficient (Wildman–Crippen LogP) is 3.58. The van der Waals surface area contributed by atoms with Gasteiger partial charge < -0.3 is 19.1 Å². The molecule has 7 nitrogen and oxygen atoms in total. The molecular weight excluding hydrogens is 404 g/mol. The van der Waals surface area contributed by atoms with Crippen molar-refractivity contribution < 1.29 is 14.3 Å². The van der Waals surface area contributed by atoms with Crippen LogP contribution in [0.15, 0.2) is 48.5 Å². The topological polar surface area (TPSA) is 67.7 Å². The van der Waals surface area contributed by atoms with Gasteiger partial charge in [0.25, 0.3) is 0 Å². The van der Waals surface area contributed by atoms with Crippen LogP contribution in [0.2, 0.25) is 0 Å². The second-order valence-electron chi connectivity index (χ2n) is 8.47. The average Bonchev–Trinajstić information content (AvgIpc) is 3.54. The maximum atomic E-state index is 12.9.